The molecule has 146 valence electrons. The maximum absolute atomic E-state index is 12.5. The van der Waals surface area contributed by atoms with Crippen LogP contribution in [0.25, 0.3) is 0 Å². The smallest absolute Gasteiger partial charge is 0.238 e. The third kappa shape index (κ3) is 5.20. The minimum absolute atomic E-state index is 0.105. The van der Waals surface area contributed by atoms with E-state index in [0.717, 1.165) is 18.7 Å². The number of nitrogens with one attached hydrogen (secondary N) is 1. The normalized spacial score (nSPS) is 18.0. The molecule has 1 atom stereocenters. The van der Waals surface area contributed by atoms with Crippen molar-refractivity contribution in [3.8, 4) is 0 Å². The first kappa shape index (κ1) is 20.7. The molecule has 7 heteroatoms. The Morgan fingerprint density at radius 3 is 2.77 bits per heavy atom. The lowest BCUT2D eigenvalue weighted by molar-refractivity contribution is -0.124. The average Bonchev–Trinajstić information content (AvgIpc) is 3.09. The van der Waals surface area contributed by atoms with Crippen LogP contribution < -0.4 is 10.2 Å². The first-order valence-electron chi connectivity index (χ1n) is 9.48. The Bertz CT molecular complexity index is 706. The fourth-order valence-electron chi connectivity index (χ4n) is 3.44. The standard InChI is InChI=1S/C19H31N3O3S/c1-4-14-26(24,25)22-12-7-10-18(22)19(23)20-11-13-21(5-2)17-9-6-8-16(3)15-17/h6,8-9,15,18H,4-5,7,10-14H2,1-3H3,(H,20,23). The predicted molar refractivity (Wildman–Crippen MR) is 106 cm³/mol. The van der Waals surface area contributed by atoms with E-state index in [0.29, 0.717) is 32.5 Å². The van der Waals surface area contributed by atoms with Gasteiger partial charge in [0, 0.05) is 31.9 Å². The van der Waals surface area contributed by atoms with Crippen LogP contribution in [-0.2, 0) is 14.8 Å². The highest BCUT2D eigenvalue weighted by Gasteiger charge is 2.37. The van der Waals surface area contributed by atoms with Crippen molar-refractivity contribution in [2.75, 3.05) is 36.8 Å². The molecule has 6 nitrogen and oxygen atoms in total. The molecule has 1 aromatic carbocycles. The molecule has 0 bridgehead atoms. The van der Waals surface area contributed by atoms with Gasteiger partial charge < -0.3 is 10.2 Å². The van der Waals surface area contributed by atoms with E-state index in [1.165, 1.54) is 9.87 Å². The average molecular weight is 382 g/mol. The fraction of sp³-hybridized carbons (Fsp3) is 0.632. The minimum Gasteiger partial charge on any atom is -0.370 e. The molecule has 0 saturated carbocycles. The van der Waals surface area contributed by atoms with E-state index in [2.05, 4.69) is 42.3 Å². The van der Waals surface area contributed by atoms with Crippen LogP contribution in [0.15, 0.2) is 24.3 Å². The molecule has 0 radical (unpaired) electrons. The van der Waals surface area contributed by atoms with E-state index in [-0.39, 0.29) is 11.7 Å². The van der Waals surface area contributed by atoms with E-state index in [9.17, 15) is 13.2 Å². The topological polar surface area (TPSA) is 69.7 Å². The summed E-state index contributed by atoms with van der Waals surface area (Å²) in [4.78, 5) is 14.7. The Balaban J connectivity index is 1.91. The zero-order valence-corrected chi connectivity index (χ0v) is 16.9. The molecule has 0 spiro atoms. The molecule has 0 aromatic heterocycles. The third-order valence-electron chi connectivity index (χ3n) is 4.76. The number of hydrogen-bond donors (Lipinski definition) is 1. The number of likely N-dealkylation sites (N-methyl/N-ethyl adjacent to an activating group) is 1. The van der Waals surface area contributed by atoms with Crippen molar-refractivity contribution in [1.82, 2.24) is 9.62 Å². The van der Waals surface area contributed by atoms with Crippen LogP contribution in [0, 0.1) is 6.92 Å². The highest BCUT2D eigenvalue weighted by Crippen LogP contribution is 2.22. The van der Waals surface area contributed by atoms with Crippen molar-refractivity contribution in [3.63, 3.8) is 0 Å². The Labute approximate surface area is 157 Å². The zero-order chi connectivity index (χ0) is 19.2. The van der Waals surface area contributed by atoms with Gasteiger partial charge in [-0.05, 0) is 50.8 Å². The van der Waals surface area contributed by atoms with Crippen molar-refractivity contribution >= 4 is 21.6 Å². The van der Waals surface area contributed by atoms with Gasteiger partial charge in [-0.2, -0.15) is 4.31 Å². The van der Waals surface area contributed by atoms with Crippen LogP contribution in [0.1, 0.15) is 38.7 Å². The number of anilines is 1. The number of sulfonamides is 1. The van der Waals surface area contributed by atoms with Gasteiger partial charge in [0.2, 0.25) is 15.9 Å². The van der Waals surface area contributed by atoms with Gasteiger partial charge >= 0.3 is 0 Å². The summed E-state index contributed by atoms with van der Waals surface area (Å²) < 4.78 is 26.1. The largest absolute Gasteiger partial charge is 0.370 e. The van der Waals surface area contributed by atoms with E-state index in [1.54, 1.807) is 0 Å². The molecule has 1 amide bonds. The van der Waals surface area contributed by atoms with Gasteiger partial charge in [0.1, 0.15) is 6.04 Å². The molecule has 1 heterocycles. The molecule has 1 fully saturated rings. The lowest BCUT2D eigenvalue weighted by Gasteiger charge is -2.26. The van der Waals surface area contributed by atoms with E-state index >= 15 is 0 Å². The SMILES string of the molecule is CCCS(=O)(=O)N1CCCC1C(=O)NCCN(CC)c1cccc(C)c1. The van der Waals surface area contributed by atoms with Gasteiger partial charge in [0.15, 0.2) is 0 Å². The molecule has 1 aliphatic heterocycles. The van der Waals surface area contributed by atoms with E-state index < -0.39 is 16.1 Å². The number of aryl methyl sites for hydroxylation is 1. The fourth-order valence-corrected chi connectivity index (χ4v) is 5.18. The highest BCUT2D eigenvalue weighted by atomic mass is 32.2. The van der Waals surface area contributed by atoms with Gasteiger partial charge in [0.25, 0.3) is 0 Å². The molecule has 2 rings (SSSR count). The second-order valence-electron chi connectivity index (χ2n) is 6.79. The zero-order valence-electron chi connectivity index (χ0n) is 16.1. The van der Waals surface area contributed by atoms with Crippen molar-refractivity contribution in [3.05, 3.63) is 29.8 Å². The first-order valence-corrected chi connectivity index (χ1v) is 11.1. The molecule has 1 N–H and O–H groups in total. The summed E-state index contributed by atoms with van der Waals surface area (Å²) in [6, 6.07) is 7.72. The van der Waals surface area contributed by atoms with Crippen molar-refractivity contribution in [1.29, 1.82) is 0 Å². The second-order valence-corrected chi connectivity index (χ2v) is 8.84. The van der Waals surface area contributed by atoms with Gasteiger partial charge in [-0.1, -0.05) is 19.1 Å². The Morgan fingerprint density at radius 1 is 1.35 bits per heavy atom. The lowest BCUT2D eigenvalue weighted by Crippen LogP contribution is -2.48. The minimum atomic E-state index is -3.34. The molecule has 1 aromatic rings. The van der Waals surface area contributed by atoms with Gasteiger partial charge in [-0.15, -0.1) is 0 Å². The van der Waals surface area contributed by atoms with Gasteiger partial charge in [-0.3, -0.25) is 4.79 Å². The Morgan fingerprint density at radius 2 is 2.12 bits per heavy atom. The predicted octanol–water partition coefficient (Wildman–Crippen LogP) is 2.14. The number of rotatable bonds is 9. The second kappa shape index (κ2) is 9.37. The number of carbonyl (C=O) groups excluding carboxylic acids is 1. The summed E-state index contributed by atoms with van der Waals surface area (Å²) in [6.07, 6.45) is 1.91. The van der Waals surface area contributed by atoms with Crippen LogP contribution in [0.4, 0.5) is 5.69 Å². The maximum Gasteiger partial charge on any atom is 0.238 e. The molecular formula is C19H31N3O3S. The van der Waals surface area contributed by atoms with Crippen molar-refractivity contribution in [2.45, 2.75) is 46.1 Å². The number of nitrogens with zero attached hydrogens (tertiary/aromatic N) is 2. The molecule has 0 aliphatic carbocycles. The summed E-state index contributed by atoms with van der Waals surface area (Å²) in [5.74, 6) is -0.0734. The quantitative estimate of drug-likeness (QED) is 0.711. The number of benzene rings is 1. The summed E-state index contributed by atoms with van der Waals surface area (Å²) >= 11 is 0. The molecule has 1 aliphatic rings. The van der Waals surface area contributed by atoms with E-state index in [4.69, 9.17) is 0 Å². The number of carbonyl (C=O) groups is 1. The highest BCUT2D eigenvalue weighted by molar-refractivity contribution is 7.89. The van der Waals surface area contributed by atoms with Gasteiger partial charge in [0.05, 0.1) is 5.75 Å². The lowest BCUT2D eigenvalue weighted by atomic mass is 10.2. The van der Waals surface area contributed by atoms with E-state index in [1.807, 2.05) is 13.0 Å². The van der Waals surface area contributed by atoms with Gasteiger partial charge in [-0.25, -0.2) is 8.42 Å². The number of amides is 1. The monoisotopic (exact) mass is 381 g/mol. The van der Waals surface area contributed by atoms with Crippen molar-refractivity contribution in [2.24, 2.45) is 0 Å². The molecule has 26 heavy (non-hydrogen) atoms. The maximum atomic E-state index is 12.5. The Kier molecular flexibility index (Phi) is 7.46. The third-order valence-corrected chi connectivity index (χ3v) is 6.83. The van der Waals surface area contributed by atoms with Crippen LogP contribution in [-0.4, -0.2) is 56.6 Å². The van der Waals surface area contributed by atoms with Crippen LogP contribution in [0.3, 0.4) is 0 Å². The molecule has 1 unspecified atom stereocenters. The summed E-state index contributed by atoms with van der Waals surface area (Å²) in [7, 11) is -3.34. The number of hydrogen-bond acceptors (Lipinski definition) is 4. The first-order chi connectivity index (χ1) is 12.4. The molecule has 1 saturated heterocycles. The summed E-state index contributed by atoms with van der Waals surface area (Å²) in [5.41, 5.74) is 2.34. The Hall–Kier alpha value is -1.60. The van der Waals surface area contributed by atoms with Crippen LogP contribution in [0.2, 0.25) is 0 Å². The van der Waals surface area contributed by atoms with Crippen LogP contribution >= 0.6 is 0 Å². The summed E-state index contributed by atoms with van der Waals surface area (Å²) in [5, 5.41) is 2.93. The van der Waals surface area contributed by atoms with Crippen molar-refractivity contribution < 1.29 is 13.2 Å². The molecular weight excluding hydrogens is 350 g/mol. The van der Waals surface area contributed by atoms with Crippen LogP contribution in [0.5, 0.6) is 0 Å². The summed E-state index contributed by atoms with van der Waals surface area (Å²) in [6.45, 7) is 8.47.